The minimum absolute atomic E-state index is 0.100. The predicted octanol–water partition coefficient (Wildman–Crippen LogP) is 0.309. The standard InChI is InChI=1S/C14H29N3O2S/c1-3-13-11-16(2)7-4-8-17(13)14(12-15)5-9-20(18,19)10-6-14/h13H,3-12,15H2,1-2H3. The molecule has 2 N–H and O–H groups in total. The van der Waals surface area contributed by atoms with Crippen LogP contribution in [0.25, 0.3) is 0 Å². The number of nitrogens with two attached hydrogens (primary N) is 1. The Labute approximate surface area is 123 Å². The first-order valence-electron chi connectivity index (χ1n) is 7.78. The molecular weight excluding hydrogens is 274 g/mol. The van der Waals surface area contributed by atoms with Crippen molar-refractivity contribution in [2.24, 2.45) is 5.73 Å². The van der Waals surface area contributed by atoms with Crippen molar-refractivity contribution in [1.82, 2.24) is 9.80 Å². The lowest BCUT2D eigenvalue weighted by atomic mass is 9.87. The monoisotopic (exact) mass is 303 g/mol. The minimum atomic E-state index is -2.84. The van der Waals surface area contributed by atoms with E-state index in [1.54, 1.807) is 0 Å². The van der Waals surface area contributed by atoms with Crippen molar-refractivity contribution < 1.29 is 8.42 Å². The summed E-state index contributed by atoms with van der Waals surface area (Å²) in [6.45, 7) is 6.01. The molecule has 1 atom stereocenters. The van der Waals surface area contributed by atoms with Crippen molar-refractivity contribution in [3.05, 3.63) is 0 Å². The summed E-state index contributed by atoms with van der Waals surface area (Å²) in [5.74, 6) is 0.597. The molecule has 0 spiro atoms. The zero-order valence-electron chi connectivity index (χ0n) is 12.8. The Bertz CT molecular complexity index is 410. The van der Waals surface area contributed by atoms with E-state index in [9.17, 15) is 8.42 Å². The van der Waals surface area contributed by atoms with Crippen LogP contribution in [0, 0.1) is 0 Å². The second-order valence-corrected chi connectivity index (χ2v) is 8.76. The second-order valence-electron chi connectivity index (χ2n) is 6.45. The first-order chi connectivity index (χ1) is 9.42. The van der Waals surface area contributed by atoms with Gasteiger partial charge in [-0.2, -0.15) is 0 Å². The van der Waals surface area contributed by atoms with E-state index in [2.05, 4.69) is 23.8 Å². The van der Waals surface area contributed by atoms with Gasteiger partial charge in [-0.25, -0.2) is 8.42 Å². The Balaban J connectivity index is 2.20. The Morgan fingerprint density at radius 1 is 1.25 bits per heavy atom. The molecule has 2 rings (SSSR count). The summed E-state index contributed by atoms with van der Waals surface area (Å²) < 4.78 is 23.5. The molecule has 0 saturated carbocycles. The zero-order chi connectivity index (χ0) is 14.8. The van der Waals surface area contributed by atoms with Gasteiger partial charge < -0.3 is 10.6 Å². The first kappa shape index (κ1) is 16.2. The Hall–Kier alpha value is -0.170. The Morgan fingerprint density at radius 3 is 2.45 bits per heavy atom. The smallest absolute Gasteiger partial charge is 0.150 e. The van der Waals surface area contributed by atoms with Crippen molar-refractivity contribution >= 4 is 9.84 Å². The fraction of sp³-hybridized carbons (Fsp3) is 1.00. The third-order valence-electron chi connectivity index (χ3n) is 5.12. The molecule has 1 unspecified atom stereocenters. The van der Waals surface area contributed by atoms with Crippen LogP contribution < -0.4 is 5.73 Å². The molecule has 0 aromatic carbocycles. The van der Waals surface area contributed by atoms with Gasteiger partial charge in [0.05, 0.1) is 11.5 Å². The van der Waals surface area contributed by atoms with Crippen LogP contribution in [0.2, 0.25) is 0 Å². The van der Waals surface area contributed by atoms with E-state index in [4.69, 9.17) is 5.73 Å². The van der Waals surface area contributed by atoms with Crippen LogP contribution in [0.1, 0.15) is 32.6 Å². The number of hydrogen-bond donors (Lipinski definition) is 1. The molecule has 0 bridgehead atoms. The van der Waals surface area contributed by atoms with E-state index < -0.39 is 9.84 Å². The summed E-state index contributed by atoms with van der Waals surface area (Å²) in [5, 5.41) is 0. The third kappa shape index (κ3) is 3.35. The molecule has 118 valence electrons. The predicted molar refractivity (Wildman–Crippen MR) is 82.6 cm³/mol. The SMILES string of the molecule is CCC1CN(C)CCCN1C1(CN)CCS(=O)(=O)CC1. The van der Waals surface area contributed by atoms with Crippen LogP contribution in [-0.4, -0.2) is 74.5 Å². The Kier molecular flexibility index (Phi) is 5.10. The van der Waals surface area contributed by atoms with Gasteiger partial charge in [-0.15, -0.1) is 0 Å². The molecule has 20 heavy (non-hydrogen) atoms. The van der Waals surface area contributed by atoms with E-state index >= 15 is 0 Å². The average Bonchev–Trinajstić information content (AvgIpc) is 2.61. The highest BCUT2D eigenvalue weighted by Gasteiger charge is 2.43. The maximum absolute atomic E-state index is 11.7. The molecule has 2 fully saturated rings. The largest absolute Gasteiger partial charge is 0.329 e. The maximum atomic E-state index is 11.7. The summed E-state index contributed by atoms with van der Waals surface area (Å²) in [7, 11) is -0.666. The fourth-order valence-electron chi connectivity index (χ4n) is 3.74. The van der Waals surface area contributed by atoms with Crippen molar-refractivity contribution in [3.8, 4) is 0 Å². The van der Waals surface area contributed by atoms with E-state index in [0.717, 1.165) is 32.5 Å². The highest BCUT2D eigenvalue weighted by atomic mass is 32.2. The van der Waals surface area contributed by atoms with Gasteiger partial charge in [0.2, 0.25) is 0 Å². The highest BCUT2D eigenvalue weighted by molar-refractivity contribution is 7.91. The van der Waals surface area contributed by atoms with Gasteiger partial charge in [0.25, 0.3) is 0 Å². The van der Waals surface area contributed by atoms with E-state index in [1.807, 2.05) is 0 Å². The zero-order valence-corrected chi connectivity index (χ0v) is 13.7. The Morgan fingerprint density at radius 2 is 1.90 bits per heavy atom. The summed E-state index contributed by atoms with van der Waals surface area (Å²) in [6.07, 6.45) is 3.64. The van der Waals surface area contributed by atoms with Crippen molar-refractivity contribution in [1.29, 1.82) is 0 Å². The van der Waals surface area contributed by atoms with Crippen LogP contribution >= 0.6 is 0 Å². The van der Waals surface area contributed by atoms with Crippen molar-refractivity contribution in [3.63, 3.8) is 0 Å². The highest BCUT2D eigenvalue weighted by Crippen LogP contribution is 2.33. The molecule has 2 heterocycles. The lowest BCUT2D eigenvalue weighted by Gasteiger charge is -2.49. The third-order valence-corrected chi connectivity index (χ3v) is 6.77. The first-order valence-corrected chi connectivity index (χ1v) is 9.60. The molecule has 2 aliphatic heterocycles. The van der Waals surface area contributed by atoms with Gasteiger partial charge in [0.1, 0.15) is 9.84 Å². The van der Waals surface area contributed by atoms with Gasteiger partial charge in [-0.1, -0.05) is 6.92 Å². The summed E-state index contributed by atoms with van der Waals surface area (Å²) in [5.41, 5.74) is 6.01. The lowest BCUT2D eigenvalue weighted by Crippen LogP contribution is -2.61. The molecule has 2 aliphatic rings. The topological polar surface area (TPSA) is 66.6 Å². The van der Waals surface area contributed by atoms with Crippen LogP contribution in [0.15, 0.2) is 0 Å². The molecule has 2 saturated heterocycles. The van der Waals surface area contributed by atoms with Gasteiger partial charge in [0, 0.05) is 31.2 Å². The lowest BCUT2D eigenvalue weighted by molar-refractivity contribution is 0.0387. The number of likely N-dealkylation sites (N-methyl/N-ethyl adjacent to an activating group) is 1. The number of sulfone groups is 1. The second kappa shape index (κ2) is 6.30. The van der Waals surface area contributed by atoms with Crippen LogP contribution in [0.5, 0.6) is 0 Å². The fourth-order valence-corrected chi connectivity index (χ4v) is 5.33. The molecule has 0 aromatic rings. The molecular formula is C14H29N3O2S. The van der Waals surface area contributed by atoms with Gasteiger partial charge in [-0.3, -0.25) is 4.90 Å². The van der Waals surface area contributed by atoms with Gasteiger partial charge in [-0.05, 0) is 39.3 Å². The van der Waals surface area contributed by atoms with Crippen LogP contribution in [0.4, 0.5) is 0 Å². The molecule has 0 aliphatic carbocycles. The van der Waals surface area contributed by atoms with Gasteiger partial charge >= 0.3 is 0 Å². The normalized spacial score (nSPS) is 31.9. The van der Waals surface area contributed by atoms with Crippen LogP contribution in [-0.2, 0) is 9.84 Å². The molecule has 0 aromatic heterocycles. The van der Waals surface area contributed by atoms with Gasteiger partial charge in [0.15, 0.2) is 0 Å². The number of hydrogen-bond acceptors (Lipinski definition) is 5. The maximum Gasteiger partial charge on any atom is 0.150 e. The quantitative estimate of drug-likeness (QED) is 0.813. The number of rotatable bonds is 3. The van der Waals surface area contributed by atoms with E-state index in [1.165, 1.54) is 0 Å². The van der Waals surface area contributed by atoms with Crippen LogP contribution in [0.3, 0.4) is 0 Å². The van der Waals surface area contributed by atoms with Crippen molar-refractivity contribution in [2.75, 3.05) is 44.7 Å². The van der Waals surface area contributed by atoms with E-state index in [-0.39, 0.29) is 5.54 Å². The van der Waals surface area contributed by atoms with E-state index in [0.29, 0.717) is 36.9 Å². The molecule has 6 heteroatoms. The van der Waals surface area contributed by atoms with Crippen molar-refractivity contribution in [2.45, 2.75) is 44.2 Å². The number of nitrogens with zero attached hydrogens (tertiary/aromatic N) is 2. The minimum Gasteiger partial charge on any atom is -0.329 e. The average molecular weight is 303 g/mol. The molecule has 5 nitrogen and oxygen atoms in total. The molecule has 0 amide bonds. The molecule has 0 radical (unpaired) electrons. The summed E-state index contributed by atoms with van der Waals surface area (Å²) in [6, 6.07) is 0.492. The summed E-state index contributed by atoms with van der Waals surface area (Å²) in [4.78, 5) is 4.93. The summed E-state index contributed by atoms with van der Waals surface area (Å²) >= 11 is 0.